The summed E-state index contributed by atoms with van der Waals surface area (Å²) in [5, 5.41) is 3.54. The second-order valence-electron chi connectivity index (χ2n) is 5.36. The van der Waals surface area contributed by atoms with E-state index in [2.05, 4.69) is 12.2 Å². The van der Waals surface area contributed by atoms with Crippen molar-refractivity contribution in [2.24, 2.45) is 5.73 Å². The number of carbonyl (C=O) groups excluding carboxylic acids is 1. The highest BCUT2D eigenvalue weighted by Gasteiger charge is 2.20. The Labute approximate surface area is 125 Å². The largest absolute Gasteiger partial charge is 0.493 e. The van der Waals surface area contributed by atoms with E-state index in [9.17, 15) is 4.79 Å². The summed E-state index contributed by atoms with van der Waals surface area (Å²) < 4.78 is 11.1. The van der Waals surface area contributed by atoms with Gasteiger partial charge in [0.25, 0.3) is 0 Å². The molecule has 5 heteroatoms. The molecule has 1 fully saturated rings. The lowest BCUT2D eigenvalue weighted by Gasteiger charge is -2.30. The zero-order valence-corrected chi connectivity index (χ0v) is 12.5. The topological polar surface area (TPSA) is 73.6 Å². The molecule has 0 aliphatic carbocycles. The molecular formula is C16H24N2O3. The van der Waals surface area contributed by atoms with Crippen LogP contribution in [0.3, 0.4) is 0 Å². The van der Waals surface area contributed by atoms with Gasteiger partial charge >= 0.3 is 0 Å². The van der Waals surface area contributed by atoms with E-state index in [0.717, 1.165) is 37.3 Å². The van der Waals surface area contributed by atoms with Crippen molar-refractivity contribution in [2.75, 3.05) is 18.5 Å². The monoisotopic (exact) mass is 292 g/mol. The van der Waals surface area contributed by atoms with Crippen LogP contribution in [0.4, 0.5) is 5.69 Å². The molecule has 2 unspecified atom stereocenters. The quantitative estimate of drug-likeness (QED) is 0.809. The predicted octanol–water partition coefficient (Wildman–Crippen LogP) is 2.31. The molecule has 2 atom stereocenters. The zero-order valence-electron chi connectivity index (χ0n) is 12.5. The fourth-order valence-corrected chi connectivity index (χ4v) is 2.45. The minimum absolute atomic E-state index is 0.237. The van der Waals surface area contributed by atoms with Gasteiger partial charge in [-0.25, -0.2) is 0 Å². The fourth-order valence-electron chi connectivity index (χ4n) is 2.45. The van der Waals surface area contributed by atoms with Crippen LogP contribution in [0.2, 0.25) is 0 Å². The van der Waals surface area contributed by atoms with Gasteiger partial charge in [0.2, 0.25) is 5.91 Å². The Morgan fingerprint density at radius 3 is 2.86 bits per heavy atom. The number of benzene rings is 1. The molecule has 0 saturated carbocycles. The van der Waals surface area contributed by atoms with Crippen molar-refractivity contribution in [3.63, 3.8) is 0 Å². The number of rotatable bonds is 7. The zero-order chi connectivity index (χ0) is 15.1. The first kappa shape index (κ1) is 15.6. The number of anilines is 1. The molecule has 1 saturated heterocycles. The Hall–Kier alpha value is -1.75. The maximum Gasteiger partial charge on any atom is 0.220 e. The van der Waals surface area contributed by atoms with E-state index in [-0.39, 0.29) is 12.3 Å². The molecule has 21 heavy (non-hydrogen) atoms. The molecule has 0 bridgehead atoms. The Morgan fingerprint density at radius 1 is 1.43 bits per heavy atom. The fraction of sp³-hybridized carbons (Fsp3) is 0.562. The van der Waals surface area contributed by atoms with Crippen LogP contribution in [-0.2, 0) is 9.53 Å². The van der Waals surface area contributed by atoms with E-state index in [1.54, 1.807) is 0 Å². The molecular weight excluding hydrogens is 268 g/mol. The summed E-state index contributed by atoms with van der Waals surface area (Å²) >= 11 is 0. The van der Waals surface area contributed by atoms with E-state index in [1.165, 1.54) is 0 Å². The molecule has 1 heterocycles. The van der Waals surface area contributed by atoms with Crippen LogP contribution < -0.4 is 15.8 Å². The summed E-state index contributed by atoms with van der Waals surface area (Å²) in [4.78, 5) is 10.6. The van der Waals surface area contributed by atoms with Crippen molar-refractivity contribution in [3.05, 3.63) is 24.3 Å². The van der Waals surface area contributed by atoms with Crippen LogP contribution >= 0.6 is 0 Å². The summed E-state index contributed by atoms with van der Waals surface area (Å²) in [6, 6.07) is 8.26. The van der Waals surface area contributed by atoms with Crippen molar-refractivity contribution in [1.82, 2.24) is 0 Å². The van der Waals surface area contributed by atoms with Crippen molar-refractivity contribution < 1.29 is 14.3 Å². The second kappa shape index (κ2) is 7.88. The van der Waals surface area contributed by atoms with E-state index < -0.39 is 0 Å². The van der Waals surface area contributed by atoms with Gasteiger partial charge in [0.1, 0.15) is 5.75 Å². The minimum atomic E-state index is -0.349. The first-order chi connectivity index (χ1) is 10.2. The maximum absolute atomic E-state index is 10.6. The number of hydrogen-bond acceptors (Lipinski definition) is 4. The van der Waals surface area contributed by atoms with Crippen molar-refractivity contribution >= 4 is 11.6 Å². The summed E-state index contributed by atoms with van der Waals surface area (Å²) in [5.74, 6) is 0.401. The molecule has 1 aromatic carbocycles. The Morgan fingerprint density at radius 2 is 2.19 bits per heavy atom. The van der Waals surface area contributed by atoms with Gasteiger partial charge in [-0.05, 0) is 43.5 Å². The van der Waals surface area contributed by atoms with Gasteiger partial charge in [-0.1, -0.05) is 6.92 Å². The van der Waals surface area contributed by atoms with Crippen LogP contribution in [0, 0.1) is 0 Å². The average molecular weight is 292 g/mol. The molecule has 1 aliphatic heterocycles. The standard InChI is InChI=1S/C16H24N2O3/c1-2-14-11-13(7-9-20-14)18-12-3-5-15(6-4-12)21-10-8-16(17)19/h3-6,13-14,18H,2,7-11H2,1H3,(H2,17,19). The van der Waals surface area contributed by atoms with Gasteiger partial charge in [-0.15, -0.1) is 0 Å². The third-order valence-electron chi connectivity index (χ3n) is 3.66. The Balaban J connectivity index is 1.80. The van der Waals surface area contributed by atoms with Crippen LogP contribution in [0.5, 0.6) is 5.75 Å². The molecule has 2 rings (SSSR count). The van der Waals surface area contributed by atoms with E-state index in [4.69, 9.17) is 15.2 Å². The van der Waals surface area contributed by atoms with Crippen LogP contribution in [0.1, 0.15) is 32.6 Å². The molecule has 0 radical (unpaired) electrons. The molecule has 1 aromatic rings. The third-order valence-corrected chi connectivity index (χ3v) is 3.66. The second-order valence-corrected chi connectivity index (χ2v) is 5.36. The lowest BCUT2D eigenvalue weighted by Crippen LogP contribution is -2.33. The number of primary amides is 1. The number of nitrogens with two attached hydrogens (primary N) is 1. The molecule has 116 valence electrons. The van der Waals surface area contributed by atoms with Gasteiger partial charge in [0.15, 0.2) is 0 Å². The predicted molar refractivity (Wildman–Crippen MR) is 82.4 cm³/mol. The highest BCUT2D eigenvalue weighted by molar-refractivity contribution is 5.73. The SMILES string of the molecule is CCC1CC(Nc2ccc(OCCC(N)=O)cc2)CCO1. The van der Waals surface area contributed by atoms with E-state index in [0.29, 0.717) is 18.8 Å². The summed E-state index contributed by atoms with van der Waals surface area (Å²) in [5.41, 5.74) is 6.15. The normalized spacial score (nSPS) is 21.8. The first-order valence-corrected chi connectivity index (χ1v) is 7.56. The maximum atomic E-state index is 10.6. The smallest absolute Gasteiger partial charge is 0.220 e. The molecule has 5 nitrogen and oxygen atoms in total. The number of carbonyl (C=O) groups is 1. The van der Waals surface area contributed by atoms with Crippen molar-refractivity contribution in [1.29, 1.82) is 0 Å². The van der Waals surface area contributed by atoms with Crippen LogP contribution in [0.15, 0.2) is 24.3 Å². The van der Waals surface area contributed by atoms with Gasteiger partial charge in [-0.2, -0.15) is 0 Å². The number of ether oxygens (including phenoxy) is 2. The van der Waals surface area contributed by atoms with Crippen LogP contribution in [-0.4, -0.2) is 31.3 Å². The lowest BCUT2D eigenvalue weighted by molar-refractivity contribution is -0.118. The molecule has 1 amide bonds. The van der Waals surface area contributed by atoms with Crippen molar-refractivity contribution in [3.8, 4) is 5.75 Å². The summed E-state index contributed by atoms with van der Waals surface area (Å²) in [7, 11) is 0. The number of hydrogen-bond donors (Lipinski definition) is 2. The molecule has 0 spiro atoms. The highest BCUT2D eigenvalue weighted by Crippen LogP contribution is 2.22. The lowest BCUT2D eigenvalue weighted by atomic mass is 10.0. The number of amides is 1. The van der Waals surface area contributed by atoms with Gasteiger partial charge in [0.05, 0.1) is 19.1 Å². The van der Waals surface area contributed by atoms with E-state index >= 15 is 0 Å². The minimum Gasteiger partial charge on any atom is -0.493 e. The van der Waals surface area contributed by atoms with Gasteiger partial charge < -0.3 is 20.5 Å². The first-order valence-electron chi connectivity index (χ1n) is 7.56. The molecule has 3 N–H and O–H groups in total. The van der Waals surface area contributed by atoms with Gasteiger partial charge in [-0.3, -0.25) is 4.79 Å². The summed E-state index contributed by atoms with van der Waals surface area (Å²) in [6.45, 7) is 3.30. The summed E-state index contributed by atoms with van der Waals surface area (Å²) in [6.07, 6.45) is 3.75. The van der Waals surface area contributed by atoms with Gasteiger partial charge in [0, 0.05) is 18.3 Å². The Bertz CT molecular complexity index is 447. The third kappa shape index (κ3) is 5.27. The number of nitrogens with one attached hydrogen (secondary N) is 1. The van der Waals surface area contributed by atoms with Crippen LogP contribution in [0.25, 0.3) is 0 Å². The highest BCUT2D eigenvalue weighted by atomic mass is 16.5. The van der Waals surface area contributed by atoms with E-state index in [1.807, 2.05) is 24.3 Å². The molecule has 1 aliphatic rings. The van der Waals surface area contributed by atoms with Crippen molar-refractivity contribution in [2.45, 2.75) is 44.8 Å². The molecule has 0 aromatic heterocycles. The Kier molecular flexibility index (Phi) is 5.87. The average Bonchev–Trinajstić information content (AvgIpc) is 2.49.